The van der Waals surface area contributed by atoms with E-state index in [2.05, 4.69) is 40.3 Å². The first-order chi connectivity index (χ1) is 13.7. The molecule has 2 aromatic rings. The van der Waals surface area contributed by atoms with E-state index in [9.17, 15) is 4.39 Å². The maximum atomic E-state index is 13.1. The van der Waals surface area contributed by atoms with Crippen LogP contribution in [0.25, 0.3) is 0 Å². The van der Waals surface area contributed by atoms with Gasteiger partial charge in [-0.3, -0.25) is 4.68 Å². The highest BCUT2D eigenvalue weighted by molar-refractivity contribution is 6.00. The van der Waals surface area contributed by atoms with Crippen LogP contribution in [0, 0.1) is 5.82 Å². The number of halogens is 1. The maximum absolute atomic E-state index is 13.1. The lowest BCUT2D eigenvalue weighted by Crippen LogP contribution is -2.45. The summed E-state index contributed by atoms with van der Waals surface area (Å²) in [6, 6.07) is 6.53. The average Bonchev–Trinajstić information content (AvgIpc) is 3.31. The Hall–Kier alpha value is -2.83. The molecule has 3 heterocycles. The van der Waals surface area contributed by atoms with Crippen molar-refractivity contribution in [2.45, 2.75) is 39.4 Å². The van der Waals surface area contributed by atoms with Crippen molar-refractivity contribution in [2.75, 3.05) is 19.8 Å². The van der Waals surface area contributed by atoms with Crippen molar-refractivity contribution in [3.05, 3.63) is 65.5 Å². The molecule has 1 unspecified atom stereocenters. The predicted molar refractivity (Wildman–Crippen MR) is 108 cm³/mol. The molecule has 0 aliphatic carbocycles. The molecule has 0 spiro atoms. The molecule has 148 valence electrons. The Morgan fingerprint density at radius 3 is 2.68 bits per heavy atom. The van der Waals surface area contributed by atoms with Gasteiger partial charge in [0, 0.05) is 31.0 Å². The highest BCUT2D eigenvalue weighted by Gasteiger charge is 2.31. The summed E-state index contributed by atoms with van der Waals surface area (Å²) in [5.74, 6) is 0.825. The summed E-state index contributed by atoms with van der Waals surface area (Å²) >= 11 is 0. The number of benzene rings is 1. The number of hydrogen-bond acceptors (Lipinski definition) is 5. The van der Waals surface area contributed by atoms with Crippen LogP contribution in [0.5, 0.6) is 0 Å². The number of amidine groups is 1. The van der Waals surface area contributed by atoms with Crippen molar-refractivity contribution < 1.29 is 4.39 Å². The van der Waals surface area contributed by atoms with Gasteiger partial charge < -0.3 is 15.1 Å². The third-order valence-electron chi connectivity index (χ3n) is 4.98. The first kappa shape index (κ1) is 18.5. The van der Waals surface area contributed by atoms with Crippen LogP contribution < -0.4 is 5.32 Å². The van der Waals surface area contributed by atoms with Gasteiger partial charge in [-0.25, -0.2) is 9.38 Å². The van der Waals surface area contributed by atoms with Gasteiger partial charge >= 0.3 is 0 Å². The van der Waals surface area contributed by atoms with Gasteiger partial charge in [0.15, 0.2) is 5.84 Å². The summed E-state index contributed by atoms with van der Waals surface area (Å²) in [5.41, 5.74) is 3.13. The second kappa shape index (κ2) is 8.04. The van der Waals surface area contributed by atoms with Gasteiger partial charge in [0.1, 0.15) is 12.0 Å². The molecule has 6 nitrogen and oxygen atoms in total. The average molecular weight is 382 g/mol. The topological polar surface area (TPSA) is 48.7 Å². The van der Waals surface area contributed by atoms with E-state index in [0.717, 1.165) is 55.3 Å². The Morgan fingerprint density at radius 2 is 1.93 bits per heavy atom. The molecule has 0 saturated heterocycles. The molecule has 2 aliphatic heterocycles. The van der Waals surface area contributed by atoms with Crippen LogP contribution in [0.3, 0.4) is 0 Å². The fourth-order valence-electron chi connectivity index (χ4n) is 3.70. The smallest absolute Gasteiger partial charge is 0.152 e. The fourth-order valence-corrected chi connectivity index (χ4v) is 3.70. The second-order valence-electron chi connectivity index (χ2n) is 7.36. The number of nitrogens with one attached hydrogen (secondary N) is 1. The molecule has 7 heteroatoms. The van der Waals surface area contributed by atoms with E-state index in [-0.39, 0.29) is 12.0 Å². The SMILES string of the molecule is CCCN1C=C2NC(c3cnn(Cc4ccc(F)cc4)c3)N=C2N(CCC)C1. The van der Waals surface area contributed by atoms with Crippen molar-refractivity contribution in [3.8, 4) is 0 Å². The number of aromatic nitrogens is 2. The molecule has 0 bridgehead atoms. The van der Waals surface area contributed by atoms with Gasteiger partial charge in [-0.2, -0.15) is 5.10 Å². The Kier molecular flexibility index (Phi) is 5.32. The largest absolute Gasteiger partial charge is 0.358 e. The minimum Gasteiger partial charge on any atom is -0.358 e. The van der Waals surface area contributed by atoms with E-state index >= 15 is 0 Å². The molecule has 4 rings (SSSR count). The van der Waals surface area contributed by atoms with E-state index in [4.69, 9.17) is 4.99 Å². The van der Waals surface area contributed by atoms with E-state index in [1.54, 1.807) is 12.1 Å². The summed E-state index contributed by atoms with van der Waals surface area (Å²) in [5, 5.41) is 8.01. The zero-order chi connectivity index (χ0) is 19.5. The van der Waals surface area contributed by atoms with Crippen LogP contribution in [0.2, 0.25) is 0 Å². The molecule has 0 fully saturated rings. The van der Waals surface area contributed by atoms with Crippen LogP contribution in [0.4, 0.5) is 4.39 Å². The van der Waals surface area contributed by atoms with Crippen LogP contribution in [-0.4, -0.2) is 45.2 Å². The zero-order valence-electron chi connectivity index (χ0n) is 16.5. The van der Waals surface area contributed by atoms with Crippen molar-refractivity contribution >= 4 is 5.84 Å². The lowest BCUT2D eigenvalue weighted by atomic mass is 10.2. The molecule has 28 heavy (non-hydrogen) atoms. The number of fused-ring (bicyclic) bond motifs is 1. The number of aliphatic imine (C=N–C) groups is 1. The molecular formula is C21H27FN6. The van der Waals surface area contributed by atoms with Crippen LogP contribution in [-0.2, 0) is 6.54 Å². The van der Waals surface area contributed by atoms with Crippen LogP contribution in [0.15, 0.2) is 53.5 Å². The number of rotatable bonds is 7. The third-order valence-corrected chi connectivity index (χ3v) is 4.98. The number of nitrogens with zero attached hydrogens (tertiary/aromatic N) is 5. The molecular weight excluding hydrogens is 355 g/mol. The molecule has 0 saturated carbocycles. The van der Waals surface area contributed by atoms with Crippen molar-refractivity contribution in [2.24, 2.45) is 4.99 Å². The lowest BCUT2D eigenvalue weighted by molar-refractivity contribution is 0.235. The first-order valence-electron chi connectivity index (χ1n) is 9.98. The van der Waals surface area contributed by atoms with E-state index in [1.807, 2.05) is 17.1 Å². The maximum Gasteiger partial charge on any atom is 0.152 e. The monoisotopic (exact) mass is 382 g/mol. The van der Waals surface area contributed by atoms with E-state index < -0.39 is 0 Å². The van der Waals surface area contributed by atoms with Gasteiger partial charge in [-0.1, -0.05) is 26.0 Å². The van der Waals surface area contributed by atoms with Crippen molar-refractivity contribution in [3.63, 3.8) is 0 Å². The molecule has 0 amide bonds. The Labute approximate surface area is 165 Å². The van der Waals surface area contributed by atoms with Crippen molar-refractivity contribution in [1.82, 2.24) is 24.9 Å². The standard InChI is InChI=1S/C21H27FN6/c1-3-9-26-14-19-21(27(15-26)10-4-2)25-20(24-19)17-11-23-28(13-17)12-16-5-7-18(22)8-6-16/h5-8,11,13-14,20,24H,3-4,9-10,12,15H2,1-2H3. The zero-order valence-corrected chi connectivity index (χ0v) is 16.5. The van der Waals surface area contributed by atoms with Gasteiger partial charge in [0.2, 0.25) is 0 Å². The van der Waals surface area contributed by atoms with Gasteiger partial charge in [0.25, 0.3) is 0 Å². The van der Waals surface area contributed by atoms with Crippen molar-refractivity contribution in [1.29, 1.82) is 0 Å². The minimum atomic E-state index is -0.222. The summed E-state index contributed by atoms with van der Waals surface area (Å²) in [6.45, 7) is 7.93. The predicted octanol–water partition coefficient (Wildman–Crippen LogP) is 3.31. The molecule has 1 N–H and O–H groups in total. The highest BCUT2D eigenvalue weighted by Crippen LogP contribution is 2.27. The van der Waals surface area contributed by atoms with Gasteiger partial charge in [0.05, 0.1) is 25.1 Å². The van der Waals surface area contributed by atoms with Crippen LogP contribution in [0.1, 0.15) is 44.0 Å². The Morgan fingerprint density at radius 1 is 1.14 bits per heavy atom. The summed E-state index contributed by atoms with van der Waals surface area (Å²) in [7, 11) is 0. The van der Waals surface area contributed by atoms with Crippen LogP contribution >= 0.6 is 0 Å². The molecule has 1 aromatic carbocycles. The lowest BCUT2D eigenvalue weighted by Gasteiger charge is -2.35. The van der Waals surface area contributed by atoms with E-state index in [0.29, 0.717) is 6.54 Å². The minimum absolute atomic E-state index is 0.121. The number of hydrogen-bond donors (Lipinski definition) is 1. The Balaban J connectivity index is 1.50. The fraction of sp³-hybridized carbons (Fsp3) is 0.429. The third kappa shape index (κ3) is 3.88. The first-order valence-corrected chi connectivity index (χ1v) is 9.98. The quantitative estimate of drug-likeness (QED) is 0.798. The molecule has 0 radical (unpaired) electrons. The molecule has 1 aromatic heterocycles. The summed E-state index contributed by atoms with van der Waals surface area (Å²) < 4.78 is 15.0. The Bertz CT molecular complexity index is 869. The normalized spacial score (nSPS) is 18.6. The summed E-state index contributed by atoms with van der Waals surface area (Å²) in [6.07, 6.45) is 8.15. The highest BCUT2D eigenvalue weighted by atomic mass is 19.1. The molecule has 1 atom stereocenters. The van der Waals surface area contributed by atoms with E-state index in [1.165, 1.54) is 12.1 Å². The second-order valence-corrected chi connectivity index (χ2v) is 7.36. The van der Waals surface area contributed by atoms with Gasteiger partial charge in [-0.15, -0.1) is 0 Å². The molecule has 2 aliphatic rings. The van der Waals surface area contributed by atoms with Gasteiger partial charge in [-0.05, 0) is 30.5 Å². The summed E-state index contributed by atoms with van der Waals surface area (Å²) in [4.78, 5) is 9.63.